The summed E-state index contributed by atoms with van der Waals surface area (Å²) in [4.78, 5) is 11.8. The first-order valence-electron chi connectivity index (χ1n) is 8.43. The van der Waals surface area contributed by atoms with Crippen molar-refractivity contribution in [1.29, 1.82) is 0 Å². The molecule has 1 unspecified atom stereocenters. The molecule has 1 fully saturated rings. The predicted octanol–water partition coefficient (Wildman–Crippen LogP) is 5.25. The lowest BCUT2D eigenvalue weighted by atomic mass is 9.95. The van der Waals surface area contributed by atoms with Gasteiger partial charge in [-0.3, -0.25) is 4.79 Å². The maximum Gasteiger partial charge on any atom is 0.306 e. The second-order valence-corrected chi connectivity index (χ2v) is 6.11. The van der Waals surface area contributed by atoms with Crippen LogP contribution in [0.15, 0.2) is 0 Å². The van der Waals surface area contributed by atoms with Gasteiger partial charge >= 0.3 is 5.97 Å². The summed E-state index contributed by atoms with van der Waals surface area (Å²) in [5.74, 6) is 0.625. The van der Waals surface area contributed by atoms with E-state index in [4.69, 9.17) is 4.74 Å². The van der Waals surface area contributed by atoms with E-state index in [2.05, 4.69) is 13.8 Å². The summed E-state index contributed by atoms with van der Waals surface area (Å²) in [6.45, 7) is 4.30. The first-order chi connectivity index (χ1) is 9.24. The Morgan fingerprint density at radius 1 is 1.05 bits per heavy atom. The van der Waals surface area contributed by atoms with Gasteiger partial charge in [0.25, 0.3) is 0 Å². The smallest absolute Gasteiger partial charge is 0.306 e. The molecule has 0 heterocycles. The highest BCUT2D eigenvalue weighted by atomic mass is 16.5. The van der Waals surface area contributed by atoms with Gasteiger partial charge in [-0.15, -0.1) is 0 Å². The molecule has 112 valence electrons. The first-order valence-corrected chi connectivity index (χ1v) is 8.43. The van der Waals surface area contributed by atoms with E-state index in [1.54, 1.807) is 0 Å². The lowest BCUT2D eigenvalue weighted by Gasteiger charge is -2.22. The Morgan fingerprint density at radius 2 is 1.68 bits per heavy atom. The number of carbonyl (C=O) groups is 1. The molecule has 0 aliphatic heterocycles. The topological polar surface area (TPSA) is 26.3 Å². The van der Waals surface area contributed by atoms with Crippen LogP contribution in [0.3, 0.4) is 0 Å². The van der Waals surface area contributed by atoms with Crippen LogP contribution in [0.25, 0.3) is 0 Å². The van der Waals surface area contributed by atoms with E-state index in [0.717, 1.165) is 6.42 Å². The maximum absolute atomic E-state index is 11.8. The molecule has 1 saturated carbocycles. The molecule has 1 atom stereocenters. The molecule has 1 rings (SSSR count). The highest BCUT2D eigenvalue weighted by Crippen LogP contribution is 2.27. The number of hydrogen-bond donors (Lipinski definition) is 0. The molecule has 0 aromatic rings. The van der Waals surface area contributed by atoms with Gasteiger partial charge in [0.05, 0.1) is 0 Å². The van der Waals surface area contributed by atoms with Crippen molar-refractivity contribution in [2.24, 2.45) is 5.92 Å². The average Bonchev–Trinajstić information content (AvgIpc) is 2.67. The van der Waals surface area contributed by atoms with E-state index in [0.29, 0.717) is 12.3 Å². The van der Waals surface area contributed by atoms with E-state index >= 15 is 0 Å². The molecule has 0 radical (unpaired) electrons. The number of rotatable bonds is 8. The van der Waals surface area contributed by atoms with Crippen LogP contribution in [-0.4, -0.2) is 12.1 Å². The van der Waals surface area contributed by atoms with Crippen LogP contribution in [-0.2, 0) is 9.53 Å². The van der Waals surface area contributed by atoms with Crippen LogP contribution in [0.1, 0.15) is 90.9 Å². The van der Waals surface area contributed by atoms with E-state index in [-0.39, 0.29) is 12.1 Å². The Hall–Kier alpha value is -0.530. The summed E-state index contributed by atoms with van der Waals surface area (Å²) in [6.07, 6.45) is 14.5. The number of hydrogen-bond acceptors (Lipinski definition) is 2. The fourth-order valence-electron chi connectivity index (χ4n) is 3.02. The zero-order valence-corrected chi connectivity index (χ0v) is 13.0. The molecular weight excluding hydrogens is 236 g/mol. The predicted molar refractivity (Wildman–Crippen MR) is 80.1 cm³/mol. The fraction of sp³-hybridized carbons (Fsp3) is 0.941. The van der Waals surface area contributed by atoms with E-state index < -0.39 is 0 Å². The fourth-order valence-corrected chi connectivity index (χ4v) is 3.02. The van der Waals surface area contributed by atoms with Crippen LogP contribution < -0.4 is 0 Å². The number of esters is 1. The Bertz CT molecular complexity index is 229. The highest BCUT2D eigenvalue weighted by Gasteiger charge is 2.21. The number of carbonyl (C=O) groups excluding carboxylic acids is 1. The minimum atomic E-state index is 0.0215. The minimum absolute atomic E-state index is 0.0215. The molecule has 2 heteroatoms. The number of unbranched alkanes of at least 4 members (excludes halogenated alkanes) is 4. The van der Waals surface area contributed by atoms with Crippen molar-refractivity contribution in [1.82, 2.24) is 0 Å². The standard InChI is InChI=1S/C17H32O2/c1-3-4-5-6-11-14-17(18)19-15(2)16-12-9-7-8-10-13-16/h15-16H,3-14H2,1-2H3. The molecule has 1 aliphatic rings. The average molecular weight is 268 g/mol. The van der Waals surface area contributed by atoms with Crippen molar-refractivity contribution in [3.05, 3.63) is 0 Å². The highest BCUT2D eigenvalue weighted by molar-refractivity contribution is 5.69. The Balaban J connectivity index is 2.12. The number of ether oxygens (including phenoxy) is 1. The normalized spacial score (nSPS) is 18.8. The second kappa shape index (κ2) is 10.3. The third-order valence-corrected chi connectivity index (χ3v) is 4.37. The van der Waals surface area contributed by atoms with Gasteiger partial charge in [-0.05, 0) is 32.1 Å². The van der Waals surface area contributed by atoms with Crippen molar-refractivity contribution in [3.63, 3.8) is 0 Å². The van der Waals surface area contributed by atoms with Gasteiger partial charge in [0.1, 0.15) is 6.10 Å². The SMILES string of the molecule is CCCCCCCC(=O)OC(C)C1CCCCCC1. The molecule has 1 aliphatic carbocycles. The lowest BCUT2D eigenvalue weighted by molar-refractivity contribution is -0.151. The zero-order valence-electron chi connectivity index (χ0n) is 13.0. The largest absolute Gasteiger partial charge is 0.462 e. The van der Waals surface area contributed by atoms with Crippen LogP contribution in [0.2, 0.25) is 0 Å². The Morgan fingerprint density at radius 3 is 2.32 bits per heavy atom. The van der Waals surface area contributed by atoms with Crippen molar-refractivity contribution < 1.29 is 9.53 Å². The summed E-state index contributed by atoms with van der Waals surface area (Å²) in [7, 11) is 0. The minimum Gasteiger partial charge on any atom is -0.462 e. The van der Waals surface area contributed by atoms with Gasteiger partial charge in [-0.2, -0.15) is 0 Å². The van der Waals surface area contributed by atoms with Gasteiger partial charge in [-0.1, -0.05) is 58.3 Å². The first kappa shape index (κ1) is 16.5. The molecule has 19 heavy (non-hydrogen) atoms. The molecule has 0 amide bonds. The molecule has 0 spiro atoms. The van der Waals surface area contributed by atoms with Crippen molar-refractivity contribution in [3.8, 4) is 0 Å². The molecule has 0 aromatic carbocycles. The second-order valence-electron chi connectivity index (χ2n) is 6.11. The summed E-state index contributed by atoms with van der Waals surface area (Å²) in [6, 6.07) is 0. The molecule has 0 bridgehead atoms. The van der Waals surface area contributed by atoms with Gasteiger partial charge in [-0.25, -0.2) is 0 Å². The van der Waals surface area contributed by atoms with Crippen LogP contribution >= 0.6 is 0 Å². The zero-order chi connectivity index (χ0) is 13.9. The van der Waals surface area contributed by atoms with E-state index in [1.165, 1.54) is 64.2 Å². The third kappa shape index (κ3) is 7.59. The van der Waals surface area contributed by atoms with Gasteiger partial charge in [0.15, 0.2) is 0 Å². The summed E-state index contributed by atoms with van der Waals surface area (Å²) >= 11 is 0. The summed E-state index contributed by atoms with van der Waals surface area (Å²) in [5, 5.41) is 0. The molecular formula is C17H32O2. The summed E-state index contributed by atoms with van der Waals surface area (Å²) < 4.78 is 5.61. The van der Waals surface area contributed by atoms with Gasteiger partial charge in [0, 0.05) is 6.42 Å². The Kier molecular flexibility index (Phi) is 8.94. The third-order valence-electron chi connectivity index (χ3n) is 4.37. The van der Waals surface area contributed by atoms with Crippen molar-refractivity contribution in [2.75, 3.05) is 0 Å². The molecule has 0 saturated heterocycles. The van der Waals surface area contributed by atoms with Crippen molar-refractivity contribution in [2.45, 2.75) is 97.0 Å². The quantitative estimate of drug-likeness (QED) is 0.341. The van der Waals surface area contributed by atoms with Gasteiger partial charge < -0.3 is 4.74 Å². The van der Waals surface area contributed by atoms with E-state index in [9.17, 15) is 4.79 Å². The van der Waals surface area contributed by atoms with E-state index in [1.807, 2.05) is 0 Å². The monoisotopic (exact) mass is 268 g/mol. The molecule has 2 nitrogen and oxygen atoms in total. The molecule has 0 aromatic heterocycles. The van der Waals surface area contributed by atoms with Crippen molar-refractivity contribution >= 4 is 5.97 Å². The Labute approximate surface area is 119 Å². The lowest BCUT2D eigenvalue weighted by Crippen LogP contribution is -2.23. The van der Waals surface area contributed by atoms with Crippen LogP contribution in [0.4, 0.5) is 0 Å². The summed E-state index contributed by atoms with van der Waals surface area (Å²) in [5.41, 5.74) is 0. The van der Waals surface area contributed by atoms with Crippen LogP contribution in [0.5, 0.6) is 0 Å². The maximum atomic E-state index is 11.8. The van der Waals surface area contributed by atoms with Gasteiger partial charge in [0.2, 0.25) is 0 Å². The van der Waals surface area contributed by atoms with Crippen LogP contribution in [0, 0.1) is 5.92 Å². The molecule has 0 N–H and O–H groups in total.